The minimum atomic E-state index is -0.387. The molecule has 0 aliphatic carbocycles. The third-order valence-electron chi connectivity index (χ3n) is 3.23. The first-order valence-corrected chi connectivity index (χ1v) is 7.15. The van der Waals surface area contributed by atoms with Gasteiger partial charge in [0.05, 0.1) is 0 Å². The maximum Gasteiger partial charge on any atom is 0.220 e. The highest BCUT2D eigenvalue weighted by molar-refractivity contribution is 5.97. The molecule has 4 nitrogen and oxygen atoms in total. The number of rotatable bonds is 7. The number of hydrogen-bond acceptors (Lipinski definition) is 3. The molecule has 1 aromatic heterocycles. The molecular formula is C17H18FNO3. The number of nitrogens with one attached hydrogen (secondary N) is 1. The van der Waals surface area contributed by atoms with E-state index in [2.05, 4.69) is 5.32 Å². The summed E-state index contributed by atoms with van der Waals surface area (Å²) in [5.74, 6) is 0.921. The van der Waals surface area contributed by atoms with E-state index in [1.54, 1.807) is 0 Å². The number of furan rings is 1. The van der Waals surface area contributed by atoms with Crippen molar-refractivity contribution in [3.05, 3.63) is 59.3 Å². The molecule has 1 N–H and O–H groups in total. The van der Waals surface area contributed by atoms with Gasteiger partial charge >= 0.3 is 0 Å². The van der Waals surface area contributed by atoms with Crippen molar-refractivity contribution >= 4 is 11.7 Å². The number of aryl methyl sites for hydroxylation is 1. The normalized spacial score (nSPS) is 10.5. The average Bonchev–Trinajstić information content (AvgIpc) is 2.91. The van der Waals surface area contributed by atoms with Crippen molar-refractivity contribution < 1.29 is 18.4 Å². The average molecular weight is 303 g/mol. The van der Waals surface area contributed by atoms with Crippen molar-refractivity contribution in [2.24, 2.45) is 0 Å². The van der Waals surface area contributed by atoms with Gasteiger partial charge in [-0.1, -0.05) is 0 Å². The molecule has 1 heterocycles. The fraction of sp³-hybridized carbons (Fsp3) is 0.294. The van der Waals surface area contributed by atoms with Crippen LogP contribution in [0.15, 0.2) is 40.8 Å². The lowest BCUT2D eigenvalue weighted by atomic mass is 10.1. The van der Waals surface area contributed by atoms with Crippen molar-refractivity contribution in [1.82, 2.24) is 5.32 Å². The van der Waals surface area contributed by atoms with Crippen molar-refractivity contribution in [3.63, 3.8) is 0 Å². The van der Waals surface area contributed by atoms with Gasteiger partial charge in [0.15, 0.2) is 5.78 Å². The Hall–Kier alpha value is -2.43. The van der Waals surface area contributed by atoms with E-state index < -0.39 is 0 Å². The van der Waals surface area contributed by atoms with Crippen LogP contribution in [0, 0.1) is 12.7 Å². The first-order valence-electron chi connectivity index (χ1n) is 7.15. The largest absolute Gasteiger partial charge is 0.466 e. The number of amides is 1. The second-order valence-corrected chi connectivity index (χ2v) is 5.04. The Morgan fingerprint density at radius 3 is 2.45 bits per heavy atom. The van der Waals surface area contributed by atoms with Gasteiger partial charge in [-0.3, -0.25) is 9.59 Å². The molecule has 0 aliphatic rings. The minimum absolute atomic E-state index is 0.108. The molecule has 0 fully saturated rings. The molecule has 0 saturated carbocycles. The molecule has 0 unspecified atom stereocenters. The summed E-state index contributed by atoms with van der Waals surface area (Å²) in [6.07, 6.45) is 0.843. The summed E-state index contributed by atoms with van der Waals surface area (Å²) in [5.41, 5.74) is 0.417. The zero-order valence-electron chi connectivity index (χ0n) is 12.4. The van der Waals surface area contributed by atoms with Crippen molar-refractivity contribution in [1.29, 1.82) is 0 Å². The van der Waals surface area contributed by atoms with Crippen molar-refractivity contribution in [3.8, 4) is 0 Å². The molecule has 1 amide bonds. The van der Waals surface area contributed by atoms with Crippen LogP contribution in [0.25, 0.3) is 0 Å². The Labute approximate surface area is 128 Å². The first kappa shape index (κ1) is 15.9. The van der Waals surface area contributed by atoms with E-state index in [1.807, 2.05) is 19.1 Å². The van der Waals surface area contributed by atoms with E-state index in [9.17, 15) is 14.0 Å². The molecule has 116 valence electrons. The zero-order chi connectivity index (χ0) is 15.9. The molecule has 5 heteroatoms. The molecule has 0 aliphatic heterocycles. The summed E-state index contributed by atoms with van der Waals surface area (Å²) < 4.78 is 18.2. The Morgan fingerprint density at radius 1 is 1.09 bits per heavy atom. The van der Waals surface area contributed by atoms with E-state index in [0.717, 1.165) is 11.5 Å². The van der Waals surface area contributed by atoms with Crippen molar-refractivity contribution in [2.45, 2.75) is 26.2 Å². The third kappa shape index (κ3) is 4.84. The first-order chi connectivity index (χ1) is 10.5. The van der Waals surface area contributed by atoms with Gasteiger partial charge in [0, 0.05) is 31.4 Å². The van der Waals surface area contributed by atoms with Gasteiger partial charge in [-0.15, -0.1) is 0 Å². The van der Waals surface area contributed by atoms with Crippen LogP contribution in [0.3, 0.4) is 0 Å². The van der Waals surface area contributed by atoms with Crippen LogP contribution < -0.4 is 5.32 Å². The number of hydrogen-bond donors (Lipinski definition) is 1. The summed E-state index contributed by atoms with van der Waals surface area (Å²) >= 11 is 0. The summed E-state index contributed by atoms with van der Waals surface area (Å²) in [7, 11) is 0. The summed E-state index contributed by atoms with van der Waals surface area (Å²) in [6.45, 7) is 2.33. The number of carbonyl (C=O) groups is 2. The molecule has 1 aromatic carbocycles. The van der Waals surface area contributed by atoms with Crippen LogP contribution in [0.5, 0.6) is 0 Å². The van der Waals surface area contributed by atoms with Gasteiger partial charge in [-0.05, 0) is 43.3 Å². The van der Waals surface area contributed by atoms with Crippen molar-refractivity contribution in [2.75, 3.05) is 6.54 Å². The van der Waals surface area contributed by atoms with E-state index in [1.165, 1.54) is 24.3 Å². The number of Topliss-reactive ketones (excluding diaryl/α,β-unsaturated/α-hetero) is 1. The molecule has 0 radical (unpaired) electrons. The Kier molecular flexibility index (Phi) is 5.47. The Morgan fingerprint density at radius 2 is 1.82 bits per heavy atom. The lowest BCUT2D eigenvalue weighted by molar-refractivity contribution is -0.121. The zero-order valence-corrected chi connectivity index (χ0v) is 12.4. The van der Waals surface area contributed by atoms with Gasteiger partial charge in [-0.2, -0.15) is 0 Å². The van der Waals surface area contributed by atoms with Gasteiger partial charge in [0.25, 0.3) is 0 Å². The van der Waals surface area contributed by atoms with E-state index >= 15 is 0 Å². The predicted molar refractivity (Wildman–Crippen MR) is 80.1 cm³/mol. The van der Waals surface area contributed by atoms with E-state index in [4.69, 9.17) is 4.42 Å². The lowest BCUT2D eigenvalue weighted by Crippen LogP contribution is -2.25. The SMILES string of the molecule is Cc1ccc(CCNC(=O)CCC(=O)c2ccc(F)cc2)o1. The maximum absolute atomic E-state index is 12.8. The van der Waals surface area contributed by atoms with Crippen LogP contribution in [0.1, 0.15) is 34.7 Å². The smallest absolute Gasteiger partial charge is 0.220 e. The molecule has 0 spiro atoms. The second kappa shape index (κ2) is 7.54. The summed E-state index contributed by atoms with van der Waals surface area (Å²) in [6, 6.07) is 9.07. The Balaban J connectivity index is 1.68. The highest BCUT2D eigenvalue weighted by Gasteiger charge is 2.09. The quantitative estimate of drug-likeness (QED) is 0.800. The monoisotopic (exact) mass is 303 g/mol. The van der Waals surface area contributed by atoms with E-state index in [-0.39, 0.29) is 30.3 Å². The number of benzene rings is 1. The fourth-order valence-corrected chi connectivity index (χ4v) is 2.04. The third-order valence-corrected chi connectivity index (χ3v) is 3.23. The topological polar surface area (TPSA) is 59.3 Å². The highest BCUT2D eigenvalue weighted by Crippen LogP contribution is 2.08. The van der Waals surface area contributed by atoms with E-state index in [0.29, 0.717) is 18.5 Å². The lowest BCUT2D eigenvalue weighted by Gasteiger charge is -2.04. The van der Waals surface area contributed by atoms with Gasteiger partial charge in [0.2, 0.25) is 5.91 Å². The standard InChI is InChI=1S/C17H18FNO3/c1-12-2-7-15(22-12)10-11-19-17(21)9-8-16(20)13-3-5-14(18)6-4-13/h2-7H,8-11H2,1H3,(H,19,21). The molecule has 22 heavy (non-hydrogen) atoms. The van der Waals surface area contributed by atoms with Crippen LogP contribution >= 0.6 is 0 Å². The molecule has 0 bridgehead atoms. The molecular weight excluding hydrogens is 285 g/mol. The molecule has 0 saturated heterocycles. The van der Waals surface area contributed by atoms with Crippen LogP contribution in [-0.4, -0.2) is 18.2 Å². The molecule has 0 atom stereocenters. The maximum atomic E-state index is 12.8. The molecule has 2 aromatic rings. The minimum Gasteiger partial charge on any atom is -0.466 e. The second-order valence-electron chi connectivity index (χ2n) is 5.04. The number of carbonyl (C=O) groups excluding carboxylic acids is 2. The highest BCUT2D eigenvalue weighted by atomic mass is 19.1. The summed E-state index contributed by atoms with van der Waals surface area (Å²) in [4.78, 5) is 23.5. The summed E-state index contributed by atoms with van der Waals surface area (Å²) in [5, 5.41) is 2.75. The van der Waals surface area contributed by atoms with Crippen LogP contribution in [0.2, 0.25) is 0 Å². The number of ketones is 1. The van der Waals surface area contributed by atoms with Gasteiger partial charge in [-0.25, -0.2) is 4.39 Å². The van der Waals surface area contributed by atoms with Gasteiger partial charge in [0.1, 0.15) is 17.3 Å². The Bertz CT molecular complexity index is 646. The van der Waals surface area contributed by atoms with Crippen LogP contribution in [-0.2, 0) is 11.2 Å². The van der Waals surface area contributed by atoms with Crippen LogP contribution in [0.4, 0.5) is 4.39 Å². The fourth-order valence-electron chi connectivity index (χ4n) is 2.04. The molecule has 2 rings (SSSR count). The predicted octanol–water partition coefficient (Wildman–Crippen LogP) is 3.05. The van der Waals surface area contributed by atoms with Gasteiger partial charge < -0.3 is 9.73 Å². The number of halogens is 1.